The molecule has 0 amide bonds. The van der Waals surface area contributed by atoms with E-state index < -0.39 is 10.0 Å². The lowest BCUT2D eigenvalue weighted by atomic mass is 9.83. The Morgan fingerprint density at radius 2 is 1.73 bits per heavy atom. The van der Waals surface area contributed by atoms with Crippen LogP contribution in [-0.4, -0.2) is 24.8 Å². The van der Waals surface area contributed by atoms with Gasteiger partial charge in [0, 0.05) is 12.1 Å². The second-order valence-electron chi connectivity index (χ2n) is 6.59. The zero-order valence-corrected chi connectivity index (χ0v) is 14.1. The monoisotopic (exact) mass is 320 g/mol. The van der Waals surface area contributed by atoms with E-state index in [4.69, 9.17) is 0 Å². The molecule has 0 spiro atoms. The number of hydrogen-bond acceptors (Lipinski definition) is 3. The normalized spacial score (nSPS) is 23.6. The van der Waals surface area contributed by atoms with Gasteiger partial charge in [0.05, 0.1) is 12.3 Å². The summed E-state index contributed by atoms with van der Waals surface area (Å²) in [7, 11) is -3.34. The number of hydrazone groups is 1. The van der Waals surface area contributed by atoms with Crippen LogP contribution in [0, 0.1) is 12.8 Å². The lowest BCUT2D eigenvalue weighted by Crippen LogP contribution is -2.25. The van der Waals surface area contributed by atoms with Crippen LogP contribution in [-0.2, 0) is 10.0 Å². The van der Waals surface area contributed by atoms with Gasteiger partial charge in [-0.2, -0.15) is 9.52 Å². The molecule has 1 atom stereocenters. The van der Waals surface area contributed by atoms with Crippen molar-refractivity contribution in [2.45, 2.75) is 51.5 Å². The fourth-order valence-electron chi connectivity index (χ4n) is 3.54. The Morgan fingerprint density at radius 1 is 1.09 bits per heavy atom. The summed E-state index contributed by atoms with van der Waals surface area (Å²) in [6.45, 7) is 2.04. The van der Waals surface area contributed by atoms with Crippen LogP contribution >= 0.6 is 0 Å². The van der Waals surface area contributed by atoms with Crippen LogP contribution in [0.25, 0.3) is 0 Å². The summed E-state index contributed by atoms with van der Waals surface area (Å²) >= 11 is 0. The Kier molecular flexibility index (Phi) is 4.26. The van der Waals surface area contributed by atoms with E-state index in [1.54, 1.807) is 0 Å². The van der Waals surface area contributed by atoms with Gasteiger partial charge in [0.1, 0.15) is 0 Å². The number of rotatable bonds is 3. The molecule has 1 aliphatic carbocycles. The highest BCUT2D eigenvalue weighted by Gasteiger charge is 2.36. The minimum atomic E-state index is -3.34. The molecule has 0 N–H and O–H groups in total. The largest absolute Gasteiger partial charge is 0.247 e. The van der Waals surface area contributed by atoms with Crippen LogP contribution in [0.3, 0.4) is 0 Å². The highest BCUT2D eigenvalue weighted by molar-refractivity contribution is 7.88. The molecule has 5 heteroatoms. The van der Waals surface area contributed by atoms with E-state index in [0.29, 0.717) is 5.92 Å². The molecule has 120 valence electrons. The lowest BCUT2D eigenvalue weighted by Gasteiger charge is -2.22. The molecule has 2 aliphatic rings. The third-order valence-electron chi connectivity index (χ3n) is 4.77. The van der Waals surface area contributed by atoms with Crippen molar-refractivity contribution in [3.05, 3.63) is 35.4 Å². The van der Waals surface area contributed by atoms with Crippen molar-refractivity contribution < 1.29 is 8.42 Å². The first-order valence-electron chi connectivity index (χ1n) is 8.08. The summed E-state index contributed by atoms with van der Waals surface area (Å²) < 4.78 is 25.6. The van der Waals surface area contributed by atoms with Gasteiger partial charge in [-0.05, 0) is 31.2 Å². The van der Waals surface area contributed by atoms with Crippen molar-refractivity contribution in [1.29, 1.82) is 0 Å². The second kappa shape index (κ2) is 6.03. The van der Waals surface area contributed by atoms with Crippen LogP contribution in [0.4, 0.5) is 0 Å². The van der Waals surface area contributed by atoms with E-state index in [2.05, 4.69) is 5.10 Å². The van der Waals surface area contributed by atoms with E-state index in [-0.39, 0.29) is 6.04 Å². The first kappa shape index (κ1) is 15.5. The van der Waals surface area contributed by atoms with Gasteiger partial charge in [0.2, 0.25) is 10.0 Å². The Labute approximate surface area is 133 Å². The average molecular weight is 320 g/mol. The van der Waals surface area contributed by atoms with E-state index in [1.165, 1.54) is 35.5 Å². The molecule has 22 heavy (non-hydrogen) atoms. The van der Waals surface area contributed by atoms with Gasteiger partial charge in [-0.3, -0.25) is 0 Å². The van der Waals surface area contributed by atoms with Crippen molar-refractivity contribution in [1.82, 2.24) is 4.41 Å². The highest BCUT2D eigenvalue weighted by atomic mass is 32.2. The van der Waals surface area contributed by atoms with E-state index in [9.17, 15) is 8.42 Å². The van der Waals surface area contributed by atoms with E-state index in [0.717, 1.165) is 30.5 Å². The van der Waals surface area contributed by atoms with Crippen LogP contribution in [0.15, 0.2) is 29.4 Å². The molecule has 1 heterocycles. The van der Waals surface area contributed by atoms with Gasteiger partial charge in [-0.25, -0.2) is 8.42 Å². The van der Waals surface area contributed by atoms with Crippen LogP contribution in [0.2, 0.25) is 0 Å². The SMILES string of the molecule is Cc1ccc(C2CC(C3CCCCC3)=NN2S(C)(=O)=O)cc1. The van der Waals surface area contributed by atoms with E-state index >= 15 is 0 Å². The van der Waals surface area contributed by atoms with Crippen LogP contribution in [0.5, 0.6) is 0 Å². The molecule has 1 aromatic rings. The quantitative estimate of drug-likeness (QED) is 0.854. The van der Waals surface area contributed by atoms with Crippen LogP contribution < -0.4 is 0 Å². The van der Waals surface area contributed by atoms with Crippen LogP contribution in [0.1, 0.15) is 55.7 Å². The molecule has 0 saturated heterocycles. The van der Waals surface area contributed by atoms with Crippen molar-refractivity contribution in [2.75, 3.05) is 6.26 Å². The summed E-state index contributed by atoms with van der Waals surface area (Å²) in [6.07, 6.45) is 8.05. The third kappa shape index (κ3) is 3.19. The minimum Gasteiger partial charge on any atom is -0.205 e. The second-order valence-corrected chi connectivity index (χ2v) is 8.43. The Hall–Kier alpha value is -1.36. The Morgan fingerprint density at radius 3 is 2.32 bits per heavy atom. The lowest BCUT2D eigenvalue weighted by molar-refractivity contribution is 0.375. The van der Waals surface area contributed by atoms with Gasteiger partial charge in [-0.1, -0.05) is 49.1 Å². The number of hydrogen-bond donors (Lipinski definition) is 0. The third-order valence-corrected chi connectivity index (χ3v) is 5.79. The first-order valence-corrected chi connectivity index (χ1v) is 9.93. The first-order chi connectivity index (χ1) is 10.4. The van der Waals surface area contributed by atoms with Crippen molar-refractivity contribution in [3.8, 4) is 0 Å². The molecule has 3 rings (SSSR count). The molecule has 1 unspecified atom stereocenters. The van der Waals surface area contributed by atoms with Gasteiger partial charge in [-0.15, -0.1) is 0 Å². The van der Waals surface area contributed by atoms with Crippen molar-refractivity contribution >= 4 is 15.7 Å². The number of aryl methyl sites for hydroxylation is 1. The summed E-state index contributed by atoms with van der Waals surface area (Å²) in [5, 5.41) is 4.53. The molecule has 1 aromatic carbocycles. The molecule has 1 aliphatic heterocycles. The minimum absolute atomic E-state index is 0.174. The maximum atomic E-state index is 12.1. The molecule has 0 bridgehead atoms. The predicted molar refractivity (Wildman–Crippen MR) is 89.2 cm³/mol. The summed E-state index contributed by atoms with van der Waals surface area (Å²) in [5.74, 6) is 0.466. The fraction of sp³-hybridized carbons (Fsp3) is 0.588. The topological polar surface area (TPSA) is 49.7 Å². The summed E-state index contributed by atoms with van der Waals surface area (Å²) in [5.41, 5.74) is 3.29. The Balaban J connectivity index is 1.89. The number of nitrogens with zero attached hydrogens (tertiary/aromatic N) is 2. The molecule has 0 radical (unpaired) electrons. The molecular weight excluding hydrogens is 296 g/mol. The molecule has 4 nitrogen and oxygen atoms in total. The zero-order chi connectivity index (χ0) is 15.7. The van der Waals surface area contributed by atoms with E-state index in [1.807, 2.05) is 31.2 Å². The predicted octanol–water partition coefficient (Wildman–Crippen LogP) is 3.64. The van der Waals surface area contributed by atoms with Gasteiger partial charge in [0.15, 0.2) is 0 Å². The fourth-order valence-corrected chi connectivity index (χ4v) is 4.45. The molecule has 1 fully saturated rings. The van der Waals surface area contributed by atoms with Gasteiger partial charge < -0.3 is 0 Å². The number of sulfonamides is 1. The summed E-state index contributed by atoms with van der Waals surface area (Å²) in [4.78, 5) is 0. The summed E-state index contributed by atoms with van der Waals surface area (Å²) in [6, 6.07) is 7.95. The highest BCUT2D eigenvalue weighted by Crippen LogP contribution is 2.38. The maximum absolute atomic E-state index is 12.1. The molecule has 1 saturated carbocycles. The van der Waals surface area contributed by atoms with Gasteiger partial charge in [0.25, 0.3) is 0 Å². The maximum Gasteiger partial charge on any atom is 0.247 e. The smallest absolute Gasteiger partial charge is 0.205 e. The standard InChI is InChI=1S/C17H24N2O2S/c1-13-8-10-15(11-9-13)17-12-16(14-6-4-3-5-7-14)18-19(17)22(2,20)21/h8-11,14,17H,3-7,12H2,1-2H3. The van der Waals surface area contributed by atoms with Gasteiger partial charge >= 0.3 is 0 Å². The Bertz CT molecular complexity index is 658. The molecule has 0 aromatic heterocycles. The molecular formula is C17H24N2O2S. The van der Waals surface area contributed by atoms with Crippen molar-refractivity contribution in [2.24, 2.45) is 11.0 Å². The zero-order valence-electron chi connectivity index (χ0n) is 13.3. The number of benzene rings is 1. The van der Waals surface area contributed by atoms with Crippen molar-refractivity contribution in [3.63, 3.8) is 0 Å². The average Bonchev–Trinajstić information content (AvgIpc) is 2.94.